The maximum atomic E-state index is 13.3. The summed E-state index contributed by atoms with van der Waals surface area (Å²) in [4.78, 5) is 25.9. The summed E-state index contributed by atoms with van der Waals surface area (Å²) in [6.07, 6.45) is 2.56. The van der Waals surface area contributed by atoms with Crippen LogP contribution in [0, 0.1) is 11.7 Å². The highest BCUT2D eigenvalue weighted by molar-refractivity contribution is 6.60. The van der Waals surface area contributed by atoms with E-state index in [1.54, 1.807) is 11.0 Å². The molecule has 0 spiro atoms. The minimum atomic E-state index is -1.80. The fraction of sp³-hybridized carbons (Fsp3) is 0.263. The van der Waals surface area contributed by atoms with Gasteiger partial charge in [0.15, 0.2) is 0 Å². The van der Waals surface area contributed by atoms with Gasteiger partial charge in [-0.2, -0.15) is 0 Å². The second kappa shape index (κ2) is 8.21. The van der Waals surface area contributed by atoms with Crippen molar-refractivity contribution in [2.24, 2.45) is 5.92 Å². The van der Waals surface area contributed by atoms with Crippen LogP contribution in [0.5, 0.6) is 0 Å². The first-order valence-corrected chi connectivity index (χ1v) is 8.95. The van der Waals surface area contributed by atoms with Crippen LogP contribution in [0.3, 0.4) is 0 Å². The lowest BCUT2D eigenvalue weighted by molar-refractivity contribution is 0.0735. The monoisotopic (exact) mass is 389 g/mol. The first kappa shape index (κ1) is 19.5. The van der Waals surface area contributed by atoms with E-state index in [4.69, 9.17) is 11.6 Å². The zero-order chi connectivity index (χ0) is 19.6. The number of nitrogens with zero attached hydrogens (tertiary/aromatic N) is 1. The number of benzene rings is 2. The van der Waals surface area contributed by atoms with E-state index in [2.05, 4.69) is 0 Å². The molecule has 2 aromatic carbocycles. The molecular formula is C19H18BClFNO4. The summed E-state index contributed by atoms with van der Waals surface area (Å²) in [6, 6.07) is 8.20. The normalized spacial score (nSPS) is 13.3. The van der Waals surface area contributed by atoms with Gasteiger partial charge in [0.2, 0.25) is 0 Å². The van der Waals surface area contributed by atoms with Crippen molar-refractivity contribution in [2.75, 3.05) is 6.54 Å². The fourth-order valence-corrected chi connectivity index (χ4v) is 3.14. The lowest BCUT2D eigenvalue weighted by atomic mass is 9.77. The number of amides is 1. The largest absolute Gasteiger partial charge is 0.489 e. The van der Waals surface area contributed by atoms with Crippen LogP contribution in [0.1, 0.15) is 39.1 Å². The van der Waals surface area contributed by atoms with Gasteiger partial charge < -0.3 is 14.9 Å². The van der Waals surface area contributed by atoms with E-state index >= 15 is 0 Å². The second-order valence-corrected chi connectivity index (χ2v) is 7.11. The Bertz CT molecular complexity index is 873. The second-order valence-electron chi connectivity index (χ2n) is 6.70. The molecule has 1 aliphatic rings. The summed E-state index contributed by atoms with van der Waals surface area (Å²) in [5.41, 5.74) is 0.976. The molecule has 0 aromatic heterocycles. The van der Waals surface area contributed by atoms with Crippen molar-refractivity contribution < 1.29 is 24.0 Å². The molecule has 0 heterocycles. The lowest BCUT2D eigenvalue weighted by Crippen LogP contribution is -2.35. The smallest absolute Gasteiger partial charge is 0.423 e. The molecule has 0 unspecified atom stereocenters. The number of hydrogen-bond acceptors (Lipinski definition) is 4. The summed E-state index contributed by atoms with van der Waals surface area (Å²) in [7, 11) is -1.80. The molecule has 0 bridgehead atoms. The highest BCUT2D eigenvalue weighted by Gasteiger charge is 2.28. The first-order valence-electron chi connectivity index (χ1n) is 8.57. The number of rotatable bonds is 7. The van der Waals surface area contributed by atoms with Crippen LogP contribution in [0.15, 0.2) is 36.4 Å². The Kier molecular flexibility index (Phi) is 5.94. The van der Waals surface area contributed by atoms with E-state index in [1.807, 2.05) is 0 Å². The van der Waals surface area contributed by atoms with E-state index in [0.717, 1.165) is 12.8 Å². The molecule has 8 heteroatoms. The van der Waals surface area contributed by atoms with Crippen molar-refractivity contribution >= 4 is 36.4 Å². The molecule has 2 N–H and O–H groups in total. The molecule has 0 saturated heterocycles. The van der Waals surface area contributed by atoms with Gasteiger partial charge in [-0.05, 0) is 54.1 Å². The molecule has 1 saturated carbocycles. The van der Waals surface area contributed by atoms with Crippen LogP contribution in [0.25, 0.3) is 0 Å². The Morgan fingerprint density at radius 2 is 2.00 bits per heavy atom. The van der Waals surface area contributed by atoms with E-state index in [1.165, 1.54) is 30.3 Å². The van der Waals surface area contributed by atoms with Crippen molar-refractivity contribution in [3.8, 4) is 0 Å². The molecule has 5 nitrogen and oxygen atoms in total. The van der Waals surface area contributed by atoms with E-state index in [9.17, 15) is 24.0 Å². The molecule has 2 aromatic rings. The maximum Gasteiger partial charge on any atom is 0.489 e. The summed E-state index contributed by atoms with van der Waals surface area (Å²) < 4.78 is 13.3. The third kappa shape index (κ3) is 4.74. The zero-order valence-corrected chi connectivity index (χ0v) is 15.2. The quantitative estimate of drug-likeness (QED) is 0.561. The van der Waals surface area contributed by atoms with Gasteiger partial charge in [-0.3, -0.25) is 9.59 Å². The zero-order valence-electron chi connectivity index (χ0n) is 14.4. The Hall–Kier alpha value is -2.22. The Morgan fingerprint density at radius 3 is 2.59 bits per heavy atom. The standard InChI is InChI=1S/C19H18BClFNO4/c21-18-8-16(22)5-3-14(18)10-23(9-12-1-2-12)19(25)13-4-6-17(20(26)27)15(7-13)11-24/h3-8,11-12,26-27H,1-2,9-10H2. The average Bonchev–Trinajstić information content (AvgIpc) is 3.46. The van der Waals surface area contributed by atoms with Crippen LogP contribution < -0.4 is 5.46 Å². The predicted molar refractivity (Wildman–Crippen MR) is 101 cm³/mol. The molecule has 0 aliphatic heterocycles. The summed E-state index contributed by atoms with van der Waals surface area (Å²) in [5.74, 6) is -0.334. The topological polar surface area (TPSA) is 77.8 Å². The molecule has 1 amide bonds. The van der Waals surface area contributed by atoms with Gasteiger partial charge in [-0.15, -0.1) is 0 Å². The Morgan fingerprint density at radius 1 is 1.26 bits per heavy atom. The molecule has 0 atom stereocenters. The van der Waals surface area contributed by atoms with E-state index in [-0.39, 0.29) is 34.1 Å². The molecule has 0 radical (unpaired) electrons. The van der Waals surface area contributed by atoms with Gasteiger partial charge in [0.1, 0.15) is 12.1 Å². The number of halogens is 2. The minimum absolute atomic E-state index is 0.0388. The van der Waals surface area contributed by atoms with E-state index < -0.39 is 12.9 Å². The van der Waals surface area contributed by atoms with Crippen molar-refractivity contribution in [3.05, 3.63) is 63.9 Å². The van der Waals surface area contributed by atoms with Crippen LogP contribution in [-0.2, 0) is 6.54 Å². The number of carbonyl (C=O) groups excluding carboxylic acids is 2. The van der Waals surface area contributed by atoms with Crippen LogP contribution in [-0.4, -0.2) is 40.8 Å². The fourth-order valence-electron chi connectivity index (χ4n) is 2.91. The van der Waals surface area contributed by atoms with Gasteiger partial charge in [-0.1, -0.05) is 23.7 Å². The van der Waals surface area contributed by atoms with Crippen LogP contribution >= 0.6 is 11.6 Å². The predicted octanol–water partition coefficient (Wildman–Crippen LogP) is 2.02. The van der Waals surface area contributed by atoms with Crippen molar-refractivity contribution in [3.63, 3.8) is 0 Å². The Balaban J connectivity index is 1.88. The summed E-state index contributed by atoms with van der Waals surface area (Å²) in [6.45, 7) is 0.753. The van der Waals surface area contributed by atoms with Gasteiger partial charge >= 0.3 is 7.12 Å². The SMILES string of the molecule is O=Cc1cc(C(=O)N(Cc2ccc(F)cc2Cl)CC2CC2)ccc1B(O)O. The molecule has 27 heavy (non-hydrogen) atoms. The van der Waals surface area contributed by atoms with Crippen molar-refractivity contribution in [1.82, 2.24) is 4.90 Å². The minimum Gasteiger partial charge on any atom is -0.423 e. The number of hydrogen-bond donors (Lipinski definition) is 2. The van der Waals surface area contributed by atoms with Crippen LogP contribution in [0.4, 0.5) is 4.39 Å². The molecular weight excluding hydrogens is 371 g/mol. The highest BCUT2D eigenvalue weighted by Crippen LogP contribution is 2.31. The van der Waals surface area contributed by atoms with E-state index in [0.29, 0.717) is 24.3 Å². The maximum absolute atomic E-state index is 13.3. The van der Waals surface area contributed by atoms with Gasteiger partial charge in [0.05, 0.1) is 0 Å². The number of carbonyl (C=O) groups is 2. The average molecular weight is 390 g/mol. The van der Waals surface area contributed by atoms with Gasteiger partial charge in [0, 0.05) is 29.2 Å². The van der Waals surface area contributed by atoms with Crippen molar-refractivity contribution in [1.29, 1.82) is 0 Å². The molecule has 1 aliphatic carbocycles. The number of aldehydes is 1. The first-order chi connectivity index (χ1) is 12.9. The lowest BCUT2D eigenvalue weighted by Gasteiger charge is -2.24. The summed E-state index contributed by atoms with van der Waals surface area (Å²) >= 11 is 6.10. The third-order valence-corrected chi connectivity index (χ3v) is 4.93. The van der Waals surface area contributed by atoms with Crippen molar-refractivity contribution in [2.45, 2.75) is 19.4 Å². The molecule has 3 rings (SSSR count). The van der Waals surface area contributed by atoms with Gasteiger partial charge in [0.25, 0.3) is 5.91 Å². The summed E-state index contributed by atoms with van der Waals surface area (Å²) in [5, 5.41) is 18.9. The van der Waals surface area contributed by atoms with Gasteiger partial charge in [-0.25, -0.2) is 4.39 Å². The highest BCUT2D eigenvalue weighted by atomic mass is 35.5. The van der Waals surface area contributed by atoms with Crippen LogP contribution in [0.2, 0.25) is 5.02 Å². The third-order valence-electron chi connectivity index (χ3n) is 4.58. The Labute approximate surface area is 161 Å². The molecule has 1 fully saturated rings. The molecule has 140 valence electrons.